The first kappa shape index (κ1) is 11.3. The molecule has 0 unspecified atom stereocenters. The fourth-order valence-electron chi connectivity index (χ4n) is 1.90. The van der Waals surface area contributed by atoms with Gasteiger partial charge < -0.3 is 5.11 Å². The quantitative estimate of drug-likeness (QED) is 0.754. The van der Waals surface area contributed by atoms with Crippen molar-refractivity contribution in [2.75, 3.05) is 0 Å². The molecule has 3 aromatic heterocycles. The molecule has 1 N–H and O–H groups in total. The first-order valence-corrected chi connectivity index (χ1v) is 5.65. The number of aromatic nitrogens is 4. The van der Waals surface area contributed by atoms with Crippen molar-refractivity contribution in [3.63, 3.8) is 0 Å². The highest BCUT2D eigenvalue weighted by molar-refractivity contribution is 5.86. The van der Waals surface area contributed by atoms with Crippen molar-refractivity contribution in [2.24, 2.45) is 0 Å². The average molecular weight is 254 g/mol. The standard InChI is InChI=1S/C13H10N4O2/c1-8-15-10(9-3-2-4-14-6-9)5-12-16-11(13(18)19)7-17(8)12/h2-7H,1H3,(H,18,19). The summed E-state index contributed by atoms with van der Waals surface area (Å²) in [5, 5.41) is 8.96. The molecule has 0 fully saturated rings. The number of fused-ring (bicyclic) bond motifs is 1. The molecule has 6 nitrogen and oxygen atoms in total. The Labute approximate surface area is 108 Å². The second kappa shape index (κ2) is 4.16. The van der Waals surface area contributed by atoms with E-state index in [0.717, 1.165) is 11.3 Å². The van der Waals surface area contributed by atoms with Crippen LogP contribution in [0.15, 0.2) is 36.8 Å². The molecule has 0 spiro atoms. The molecule has 3 heterocycles. The molecule has 0 aliphatic carbocycles. The molecule has 0 aliphatic rings. The van der Waals surface area contributed by atoms with Gasteiger partial charge in [-0.2, -0.15) is 0 Å². The van der Waals surface area contributed by atoms with E-state index in [0.29, 0.717) is 11.5 Å². The van der Waals surface area contributed by atoms with E-state index < -0.39 is 5.97 Å². The summed E-state index contributed by atoms with van der Waals surface area (Å²) in [4.78, 5) is 23.5. The van der Waals surface area contributed by atoms with Crippen LogP contribution >= 0.6 is 0 Å². The van der Waals surface area contributed by atoms with Crippen LogP contribution in [0.25, 0.3) is 16.9 Å². The Morgan fingerprint density at radius 1 is 1.37 bits per heavy atom. The van der Waals surface area contributed by atoms with Crippen LogP contribution in [-0.2, 0) is 0 Å². The molecule has 19 heavy (non-hydrogen) atoms. The van der Waals surface area contributed by atoms with Crippen LogP contribution in [0.5, 0.6) is 0 Å². The van der Waals surface area contributed by atoms with Crippen LogP contribution in [0.3, 0.4) is 0 Å². The number of pyridine rings is 1. The molecule has 3 rings (SSSR count). The van der Waals surface area contributed by atoms with Crippen LogP contribution in [0.2, 0.25) is 0 Å². The van der Waals surface area contributed by atoms with Crippen LogP contribution in [0.1, 0.15) is 16.3 Å². The first-order valence-electron chi connectivity index (χ1n) is 5.65. The minimum Gasteiger partial charge on any atom is -0.476 e. The molecule has 0 radical (unpaired) electrons. The molecule has 94 valence electrons. The van der Waals surface area contributed by atoms with Gasteiger partial charge in [-0.05, 0) is 19.1 Å². The minimum absolute atomic E-state index is 0.00763. The zero-order chi connectivity index (χ0) is 13.4. The highest BCUT2D eigenvalue weighted by Crippen LogP contribution is 2.18. The molecule has 0 amide bonds. The van der Waals surface area contributed by atoms with E-state index in [1.807, 2.05) is 12.1 Å². The Morgan fingerprint density at radius 2 is 2.21 bits per heavy atom. The summed E-state index contributed by atoms with van der Waals surface area (Å²) in [5.41, 5.74) is 2.16. The molecule has 0 saturated carbocycles. The second-order valence-corrected chi connectivity index (χ2v) is 4.09. The smallest absolute Gasteiger partial charge is 0.356 e. The predicted molar refractivity (Wildman–Crippen MR) is 67.9 cm³/mol. The Morgan fingerprint density at radius 3 is 2.89 bits per heavy atom. The number of hydrogen-bond donors (Lipinski definition) is 1. The number of nitrogens with zero attached hydrogens (tertiary/aromatic N) is 4. The van der Waals surface area contributed by atoms with E-state index in [1.54, 1.807) is 29.8 Å². The van der Waals surface area contributed by atoms with Crippen molar-refractivity contribution in [2.45, 2.75) is 6.92 Å². The third-order valence-electron chi connectivity index (χ3n) is 2.81. The average Bonchev–Trinajstić information content (AvgIpc) is 2.84. The van der Waals surface area contributed by atoms with Crippen molar-refractivity contribution in [1.82, 2.24) is 19.4 Å². The van der Waals surface area contributed by atoms with E-state index in [9.17, 15) is 4.79 Å². The molecule has 0 aliphatic heterocycles. The molecule has 0 aromatic carbocycles. The van der Waals surface area contributed by atoms with Gasteiger partial charge >= 0.3 is 5.97 Å². The van der Waals surface area contributed by atoms with Crippen molar-refractivity contribution in [3.05, 3.63) is 48.3 Å². The summed E-state index contributed by atoms with van der Waals surface area (Å²) >= 11 is 0. The van der Waals surface area contributed by atoms with Gasteiger partial charge in [0.1, 0.15) is 11.5 Å². The fraction of sp³-hybridized carbons (Fsp3) is 0.0769. The fourth-order valence-corrected chi connectivity index (χ4v) is 1.90. The van der Waals surface area contributed by atoms with Gasteiger partial charge in [0.15, 0.2) is 5.69 Å². The van der Waals surface area contributed by atoms with Gasteiger partial charge in [0.2, 0.25) is 0 Å². The minimum atomic E-state index is -1.05. The molecule has 0 atom stereocenters. The normalized spacial score (nSPS) is 10.8. The summed E-state index contributed by atoms with van der Waals surface area (Å²) in [6, 6.07) is 5.47. The Bertz CT molecular complexity index is 765. The van der Waals surface area contributed by atoms with E-state index >= 15 is 0 Å². The zero-order valence-corrected chi connectivity index (χ0v) is 10.1. The van der Waals surface area contributed by atoms with Gasteiger partial charge in [-0.25, -0.2) is 14.8 Å². The third-order valence-corrected chi connectivity index (χ3v) is 2.81. The van der Waals surface area contributed by atoms with Gasteiger partial charge in [0, 0.05) is 30.2 Å². The number of rotatable bonds is 2. The van der Waals surface area contributed by atoms with Crippen LogP contribution in [0, 0.1) is 6.92 Å². The molecule has 3 aromatic rings. The highest BCUT2D eigenvalue weighted by Gasteiger charge is 2.12. The number of carbonyl (C=O) groups is 1. The topological polar surface area (TPSA) is 80.4 Å². The number of imidazole rings is 1. The highest BCUT2D eigenvalue weighted by atomic mass is 16.4. The molecule has 0 saturated heterocycles. The van der Waals surface area contributed by atoms with Crippen molar-refractivity contribution < 1.29 is 9.90 Å². The van der Waals surface area contributed by atoms with E-state index in [4.69, 9.17) is 5.11 Å². The van der Waals surface area contributed by atoms with E-state index in [2.05, 4.69) is 15.0 Å². The van der Waals surface area contributed by atoms with E-state index in [-0.39, 0.29) is 5.69 Å². The molecule has 0 bridgehead atoms. The summed E-state index contributed by atoms with van der Waals surface area (Å²) in [6.07, 6.45) is 4.86. The van der Waals surface area contributed by atoms with E-state index in [1.165, 1.54) is 6.20 Å². The van der Waals surface area contributed by atoms with Crippen LogP contribution in [-0.4, -0.2) is 30.4 Å². The molecular formula is C13H10N4O2. The maximum Gasteiger partial charge on any atom is 0.356 e. The van der Waals surface area contributed by atoms with Crippen LogP contribution in [0.4, 0.5) is 0 Å². The zero-order valence-electron chi connectivity index (χ0n) is 10.1. The van der Waals surface area contributed by atoms with Gasteiger partial charge in [0.05, 0.1) is 5.69 Å². The number of aromatic carboxylic acids is 1. The lowest BCUT2D eigenvalue weighted by Crippen LogP contribution is -1.96. The Kier molecular flexibility index (Phi) is 2.49. The lowest BCUT2D eigenvalue weighted by molar-refractivity contribution is 0.0691. The number of carboxylic acid groups (broad SMARTS) is 1. The summed E-state index contributed by atoms with van der Waals surface area (Å²) < 4.78 is 1.66. The SMILES string of the molecule is Cc1nc(-c2cccnc2)cc2nc(C(=O)O)cn12. The number of hydrogen-bond acceptors (Lipinski definition) is 4. The van der Waals surface area contributed by atoms with Gasteiger partial charge in [-0.3, -0.25) is 9.38 Å². The number of carboxylic acids is 1. The number of aryl methyl sites for hydroxylation is 1. The van der Waals surface area contributed by atoms with Crippen molar-refractivity contribution in [3.8, 4) is 11.3 Å². The lowest BCUT2D eigenvalue weighted by Gasteiger charge is -2.03. The van der Waals surface area contributed by atoms with Crippen molar-refractivity contribution >= 4 is 11.6 Å². The second-order valence-electron chi connectivity index (χ2n) is 4.09. The molecule has 6 heteroatoms. The Hall–Kier alpha value is -2.76. The predicted octanol–water partition coefficient (Wildman–Crippen LogP) is 1.80. The monoisotopic (exact) mass is 254 g/mol. The third kappa shape index (κ3) is 1.93. The van der Waals surface area contributed by atoms with Gasteiger partial charge in [-0.15, -0.1) is 0 Å². The largest absolute Gasteiger partial charge is 0.476 e. The summed E-state index contributed by atoms with van der Waals surface area (Å²) in [5.74, 6) is -0.373. The summed E-state index contributed by atoms with van der Waals surface area (Å²) in [7, 11) is 0. The van der Waals surface area contributed by atoms with Crippen LogP contribution < -0.4 is 0 Å². The maximum atomic E-state index is 10.9. The summed E-state index contributed by atoms with van der Waals surface area (Å²) in [6.45, 7) is 1.81. The van der Waals surface area contributed by atoms with Crippen molar-refractivity contribution in [1.29, 1.82) is 0 Å². The van der Waals surface area contributed by atoms with Gasteiger partial charge in [-0.1, -0.05) is 0 Å². The maximum absolute atomic E-state index is 10.9. The molecular weight excluding hydrogens is 244 g/mol. The lowest BCUT2D eigenvalue weighted by atomic mass is 10.2. The first-order chi connectivity index (χ1) is 9.15. The van der Waals surface area contributed by atoms with Gasteiger partial charge in [0.25, 0.3) is 0 Å². The Balaban J connectivity index is 2.22.